The number of aryl methyl sites for hydroxylation is 1. The smallest absolute Gasteiger partial charge is 0.328 e. The lowest BCUT2D eigenvalue weighted by Crippen LogP contribution is -2.49. The van der Waals surface area contributed by atoms with Crippen molar-refractivity contribution in [1.29, 1.82) is 0 Å². The van der Waals surface area contributed by atoms with E-state index in [0.29, 0.717) is 5.17 Å². The van der Waals surface area contributed by atoms with Crippen molar-refractivity contribution in [2.75, 3.05) is 0 Å². The minimum absolute atomic E-state index is 0.0282. The first kappa shape index (κ1) is 24.3. The fourth-order valence-electron chi connectivity index (χ4n) is 5.38. The molecule has 5 aromatic rings. The Morgan fingerprint density at radius 2 is 1.26 bits per heavy atom. The van der Waals surface area contributed by atoms with Gasteiger partial charge in [-0.15, -0.1) is 0 Å². The minimum Gasteiger partial charge on any atom is -0.376 e. The van der Waals surface area contributed by atoms with E-state index in [1.807, 2.05) is 0 Å². The number of aliphatic imine (C=N–C) groups is 1. The van der Waals surface area contributed by atoms with Crippen molar-refractivity contribution in [1.82, 2.24) is 4.48 Å². The van der Waals surface area contributed by atoms with Gasteiger partial charge in [-0.05, 0) is 36.6 Å². The molecule has 0 unspecified atom stereocenters. The monoisotopic (exact) mass is 510 g/mol. The highest BCUT2D eigenvalue weighted by atomic mass is 35.5. The van der Waals surface area contributed by atoms with Crippen molar-refractivity contribution < 1.29 is 0 Å². The van der Waals surface area contributed by atoms with Gasteiger partial charge in [0.05, 0.1) is 5.70 Å². The molecule has 1 aliphatic heterocycles. The minimum atomic E-state index is -0.0282. The van der Waals surface area contributed by atoms with Gasteiger partial charge in [-0.2, -0.15) is 0 Å². The molecule has 4 aromatic carbocycles. The number of halogens is 1. The van der Waals surface area contributed by atoms with E-state index in [0.717, 1.165) is 41.1 Å². The van der Waals surface area contributed by atoms with Crippen LogP contribution < -0.4 is 10.9 Å². The fourth-order valence-corrected chi connectivity index (χ4v) is 5.58. The molecule has 0 spiro atoms. The molecular formula is C34H28BClN2. The van der Waals surface area contributed by atoms with Gasteiger partial charge in [0.1, 0.15) is 5.17 Å². The average molecular weight is 511 g/mol. The van der Waals surface area contributed by atoms with Crippen molar-refractivity contribution in [3.05, 3.63) is 150 Å². The summed E-state index contributed by atoms with van der Waals surface area (Å²) in [5.41, 5.74) is 10.5. The van der Waals surface area contributed by atoms with Crippen LogP contribution in [0.25, 0.3) is 16.8 Å². The molecule has 0 radical (unpaired) electrons. The first-order chi connectivity index (χ1) is 18.7. The predicted molar refractivity (Wildman–Crippen MR) is 163 cm³/mol. The molecule has 0 fully saturated rings. The summed E-state index contributed by atoms with van der Waals surface area (Å²) >= 11 is 6.46. The Kier molecular flexibility index (Phi) is 6.85. The lowest BCUT2D eigenvalue weighted by Gasteiger charge is -2.25. The van der Waals surface area contributed by atoms with Crippen LogP contribution in [-0.4, -0.2) is 16.5 Å². The van der Waals surface area contributed by atoms with Gasteiger partial charge in [0.25, 0.3) is 0 Å². The summed E-state index contributed by atoms with van der Waals surface area (Å²) in [5, 5.41) is 0.675. The van der Waals surface area contributed by atoms with Crippen LogP contribution in [0.5, 0.6) is 0 Å². The molecule has 38 heavy (non-hydrogen) atoms. The highest BCUT2D eigenvalue weighted by molar-refractivity contribution is 6.84. The standard InChI is InChI=1S/C34H28BClN2/c1-25-17-19-27(20-18-25)34(30-21-24-33(36)37-30)32-23-22-31(26-11-5-2-6-12-26)38(32)35(28-13-7-3-8-14-28)29-15-9-4-10-16-29/h2-20,22-23H,21,24H2,1H3/b34-30-. The molecule has 1 aromatic heterocycles. The summed E-state index contributed by atoms with van der Waals surface area (Å²) in [6.45, 7) is 2.10. The first-order valence-electron chi connectivity index (χ1n) is 13.1. The maximum atomic E-state index is 6.46. The zero-order valence-electron chi connectivity index (χ0n) is 21.4. The van der Waals surface area contributed by atoms with E-state index in [9.17, 15) is 0 Å². The van der Waals surface area contributed by atoms with Crippen LogP contribution in [0.1, 0.15) is 29.7 Å². The van der Waals surface area contributed by atoms with E-state index in [1.54, 1.807) is 0 Å². The summed E-state index contributed by atoms with van der Waals surface area (Å²) in [5.74, 6) is 0. The van der Waals surface area contributed by atoms with Crippen LogP contribution in [0.4, 0.5) is 0 Å². The average Bonchev–Trinajstić information content (AvgIpc) is 3.59. The van der Waals surface area contributed by atoms with Crippen molar-refractivity contribution in [3.8, 4) is 11.3 Å². The van der Waals surface area contributed by atoms with E-state index >= 15 is 0 Å². The molecule has 0 atom stereocenters. The second-order valence-electron chi connectivity index (χ2n) is 9.74. The second-order valence-corrected chi connectivity index (χ2v) is 10.2. The highest BCUT2D eigenvalue weighted by Gasteiger charge is 2.30. The van der Waals surface area contributed by atoms with Crippen LogP contribution in [0.2, 0.25) is 0 Å². The molecule has 2 nitrogen and oxygen atoms in total. The third-order valence-electron chi connectivity index (χ3n) is 7.19. The third kappa shape index (κ3) is 4.78. The van der Waals surface area contributed by atoms with Crippen LogP contribution >= 0.6 is 11.6 Å². The van der Waals surface area contributed by atoms with Gasteiger partial charge < -0.3 is 4.48 Å². The molecular weight excluding hydrogens is 483 g/mol. The quantitative estimate of drug-likeness (QED) is 0.213. The summed E-state index contributed by atoms with van der Waals surface area (Å²) in [6, 6.07) is 45.4. The molecule has 0 saturated heterocycles. The molecule has 2 heterocycles. The van der Waals surface area contributed by atoms with Crippen molar-refractivity contribution in [2.24, 2.45) is 4.99 Å². The van der Waals surface area contributed by atoms with E-state index in [1.165, 1.54) is 22.1 Å². The molecule has 0 N–H and O–H groups in total. The van der Waals surface area contributed by atoms with E-state index in [-0.39, 0.29) is 6.85 Å². The molecule has 1 aliphatic rings. The number of benzene rings is 4. The zero-order valence-corrected chi connectivity index (χ0v) is 22.1. The summed E-state index contributed by atoms with van der Waals surface area (Å²) < 4.78 is 2.49. The van der Waals surface area contributed by atoms with Gasteiger partial charge in [-0.25, -0.2) is 4.99 Å². The second kappa shape index (κ2) is 10.7. The zero-order chi connectivity index (χ0) is 25.9. The molecule has 4 heteroatoms. The van der Waals surface area contributed by atoms with Gasteiger partial charge in [0.15, 0.2) is 0 Å². The summed E-state index contributed by atoms with van der Waals surface area (Å²) in [4.78, 5) is 4.84. The summed E-state index contributed by atoms with van der Waals surface area (Å²) in [6.07, 6.45) is 1.61. The number of aromatic nitrogens is 1. The van der Waals surface area contributed by atoms with Crippen LogP contribution in [-0.2, 0) is 0 Å². The maximum Gasteiger partial charge on any atom is 0.328 e. The molecule has 0 amide bonds. The first-order valence-corrected chi connectivity index (χ1v) is 13.5. The van der Waals surface area contributed by atoms with Crippen LogP contribution in [0.15, 0.2) is 138 Å². The fraction of sp³-hybridized carbons (Fsp3) is 0.0882. The van der Waals surface area contributed by atoms with E-state index in [4.69, 9.17) is 16.6 Å². The Balaban J connectivity index is 1.68. The molecule has 0 saturated carbocycles. The van der Waals surface area contributed by atoms with Crippen molar-refractivity contribution in [3.63, 3.8) is 0 Å². The van der Waals surface area contributed by atoms with Gasteiger partial charge in [0, 0.05) is 23.4 Å². The SMILES string of the molecule is Cc1ccc(/C(=C2\CCC(Cl)=N2)c2ccc(-c3ccccc3)n2B(c2ccccc2)c2ccccc2)cc1. The normalized spacial score (nSPS) is 14.3. The Labute approximate surface area is 230 Å². The number of hydrogen-bond acceptors (Lipinski definition) is 1. The number of nitrogens with zero attached hydrogens (tertiary/aromatic N) is 2. The predicted octanol–water partition coefficient (Wildman–Crippen LogP) is 7.31. The Bertz CT molecular complexity index is 1560. The van der Waals surface area contributed by atoms with Crippen molar-refractivity contribution >= 4 is 40.1 Å². The molecule has 184 valence electrons. The van der Waals surface area contributed by atoms with Gasteiger partial charge >= 0.3 is 6.85 Å². The third-order valence-corrected chi connectivity index (χ3v) is 7.46. The van der Waals surface area contributed by atoms with Crippen molar-refractivity contribution in [2.45, 2.75) is 19.8 Å². The molecule has 0 aliphatic carbocycles. The highest BCUT2D eigenvalue weighted by Crippen LogP contribution is 2.36. The lowest BCUT2D eigenvalue weighted by atomic mass is 9.50. The Morgan fingerprint density at radius 1 is 0.684 bits per heavy atom. The Hall–Kier alpha value is -4.08. The maximum absolute atomic E-state index is 6.46. The molecule has 0 bridgehead atoms. The van der Waals surface area contributed by atoms with Crippen LogP contribution in [0, 0.1) is 6.92 Å². The van der Waals surface area contributed by atoms with Gasteiger partial charge in [-0.1, -0.05) is 143 Å². The molecule has 6 rings (SSSR count). The number of allylic oxidation sites excluding steroid dienone is 1. The number of hydrogen-bond donors (Lipinski definition) is 0. The topological polar surface area (TPSA) is 17.3 Å². The van der Waals surface area contributed by atoms with E-state index < -0.39 is 0 Å². The number of rotatable bonds is 6. The summed E-state index contributed by atoms with van der Waals surface area (Å²) in [7, 11) is 0. The largest absolute Gasteiger partial charge is 0.376 e. The van der Waals surface area contributed by atoms with Gasteiger partial charge in [-0.3, -0.25) is 0 Å². The Morgan fingerprint density at radius 3 is 1.82 bits per heavy atom. The van der Waals surface area contributed by atoms with Gasteiger partial charge in [0.2, 0.25) is 0 Å². The lowest BCUT2D eigenvalue weighted by molar-refractivity contribution is 1.06. The van der Waals surface area contributed by atoms with E-state index in [2.05, 4.69) is 139 Å². The van der Waals surface area contributed by atoms with Crippen LogP contribution in [0.3, 0.4) is 0 Å².